The molecule has 1 atom stereocenters. The standard InChI is InChI=1S/C9H11O4P.Li.H/c10-9(11)6-7-14(12,13)8-4-2-1-3-5-8;;/h1-5H,6-7H2,(H,10,11)(H,12,13);;. The molecule has 0 aromatic heterocycles. The van der Waals surface area contributed by atoms with Gasteiger partial charge < -0.3 is 10.00 Å². The average molecular weight is 222 g/mol. The summed E-state index contributed by atoms with van der Waals surface area (Å²) in [5.74, 6) is -1.06. The van der Waals surface area contributed by atoms with Crippen molar-refractivity contribution in [3.8, 4) is 0 Å². The predicted octanol–water partition coefficient (Wildman–Crippen LogP) is 0.408. The maximum absolute atomic E-state index is 11.6. The second kappa shape index (κ2) is 6.15. The molecule has 0 aliphatic rings. The Morgan fingerprint density at radius 3 is 2.27 bits per heavy atom. The number of aliphatic carboxylic acids is 1. The van der Waals surface area contributed by atoms with E-state index in [-0.39, 0.29) is 31.4 Å². The molecule has 0 saturated carbocycles. The molecule has 1 aromatic carbocycles. The molecular weight excluding hydrogens is 210 g/mol. The second-order valence-corrected chi connectivity index (χ2v) is 5.27. The number of rotatable bonds is 4. The Balaban J connectivity index is 0.00000196. The van der Waals surface area contributed by atoms with E-state index < -0.39 is 13.3 Å². The van der Waals surface area contributed by atoms with Crippen LogP contribution in [0.4, 0.5) is 0 Å². The Hall–Kier alpha value is -0.523. The molecule has 0 saturated heterocycles. The van der Waals surface area contributed by atoms with E-state index in [1.807, 2.05) is 0 Å². The molecule has 0 radical (unpaired) electrons. The van der Waals surface area contributed by atoms with Gasteiger partial charge in [0, 0.05) is 11.5 Å². The topological polar surface area (TPSA) is 74.6 Å². The van der Waals surface area contributed by atoms with Crippen LogP contribution in [0.1, 0.15) is 6.42 Å². The van der Waals surface area contributed by atoms with Crippen molar-refractivity contribution >= 4 is 37.5 Å². The van der Waals surface area contributed by atoms with Gasteiger partial charge in [-0.15, -0.1) is 0 Å². The van der Waals surface area contributed by atoms with Crippen molar-refractivity contribution in [3.05, 3.63) is 30.3 Å². The van der Waals surface area contributed by atoms with Crippen molar-refractivity contribution in [1.82, 2.24) is 0 Å². The summed E-state index contributed by atoms with van der Waals surface area (Å²) in [5, 5.41) is 8.70. The number of hydrogen-bond acceptors (Lipinski definition) is 2. The van der Waals surface area contributed by atoms with Crippen molar-refractivity contribution in [3.63, 3.8) is 0 Å². The molecule has 0 spiro atoms. The van der Waals surface area contributed by atoms with Crippen LogP contribution in [-0.2, 0) is 9.36 Å². The van der Waals surface area contributed by atoms with Crippen LogP contribution in [0.3, 0.4) is 0 Å². The number of benzene rings is 1. The summed E-state index contributed by atoms with van der Waals surface area (Å²) in [4.78, 5) is 19.8. The van der Waals surface area contributed by atoms with Crippen LogP contribution < -0.4 is 5.30 Å². The number of carboxylic acid groups (broad SMARTS) is 1. The third-order valence-corrected chi connectivity index (χ3v) is 3.72. The SMILES string of the molecule is O=C(O)CCP(=O)(O)c1ccccc1.[LiH]. The first-order valence-electron chi connectivity index (χ1n) is 4.11. The van der Waals surface area contributed by atoms with E-state index in [2.05, 4.69) is 0 Å². The van der Waals surface area contributed by atoms with Gasteiger partial charge >= 0.3 is 24.8 Å². The van der Waals surface area contributed by atoms with Crippen LogP contribution in [0.2, 0.25) is 0 Å². The van der Waals surface area contributed by atoms with Gasteiger partial charge in [-0.3, -0.25) is 9.36 Å². The monoisotopic (exact) mass is 222 g/mol. The van der Waals surface area contributed by atoms with Crippen molar-refractivity contribution in [1.29, 1.82) is 0 Å². The van der Waals surface area contributed by atoms with E-state index in [9.17, 15) is 14.3 Å². The fourth-order valence-corrected chi connectivity index (χ4v) is 2.43. The summed E-state index contributed by atoms with van der Waals surface area (Å²) in [6.45, 7) is 0. The zero-order valence-corrected chi connectivity index (χ0v) is 8.35. The molecule has 6 heteroatoms. The fourth-order valence-electron chi connectivity index (χ4n) is 1.04. The van der Waals surface area contributed by atoms with E-state index in [1.165, 1.54) is 12.1 Å². The number of hydrogen-bond donors (Lipinski definition) is 2. The summed E-state index contributed by atoms with van der Waals surface area (Å²) >= 11 is 0. The predicted molar refractivity (Wildman–Crippen MR) is 60.2 cm³/mol. The molecule has 2 N–H and O–H groups in total. The fraction of sp³-hybridized carbons (Fsp3) is 0.222. The van der Waals surface area contributed by atoms with Crippen LogP contribution in [0.25, 0.3) is 0 Å². The van der Waals surface area contributed by atoms with Gasteiger partial charge in [0.15, 0.2) is 0 Å². The molecule has 0 aliphatic heterocycles. The van der Waals surface area contributed by atoms with Crippen LogP contribution >= 0.6 is 7.37 Å². The normalized spacial score (nSPS) is 13.7. The third-order valence-electron chi connectivity index (χ3n) is 1.79. The maximum atomic E-state index is 11.6. The molecule has 0 bridgehead atoms. The molecule has 78 valence electrons. The van der Waals surface area contributed by atoms with Gasteiger partial charge in [0.25, 0.3) is 0 Å². The van der Waals surface area contributed by atoms with Gasteiger partial charge in [0.1, 0.15) is 0 Å². The summed E-state index contributed by atoms with van der Waals surface area (Å²) in [5.41, 5.74) is 0. The molecule has 0 aliphatic carbocycles. The summed E-state index contributed by atoms with van der Waals surface area (Å²) < 4.78 is 11.6. The van der Waals surface area contributed by atoms with Gasteiger partial charge in [-0.05, 0) is 12.1 Å². The van der Waals surface area contributed by atoms with Crippen LogP contribution in [-0.4, -0.2) is 41.0 Å². The van der Waals surface area contributed by atoms with Gasteiger partial charge in [0.2, 0.25) is 7.37 Å². The van der Waals surface area contributed by atoms with Gasteiger partial charge in [0.05, 0.1) is 6.42 Å². The van der Waals surface area contributed by atoms with E-state index in [4.69, 9.17) is 5.11 Å². The van der Waals surface area contributed by atoms with Gasteiger partial charge in [-0.2, -0.15) is 0 Å². The van der Waals surface area contributed by atoms with Gasteiger partial charge in [-0.1, -0.05) is 18.2 Å². The van der Waals surface area contributed by atoms with Crippen molar-refractivity contribution < 1.29 is 19.4 Å². The molecule has 15 heavy (non-hydrogen) atoms. The van der Waals surface area contributed by atoms with Crippen molar-refractivity contribution in [2.75, 3.05) is 6.16 Å². The Labute approximate surface area is 100.0 Å². The Kier molecular flexibility index (Phi) is 5.93. The molecule has 0 heterocycles. The van der Waals surface area contributed by atoms with Crippen molar-refractivity contribution in [2.45, 2.75) is 6.42 Å². The van der Waals surface area contributed by atoms with E-state index in [0.29, 0.717) is 5.30 Å². The quantitative estimate of drug-likeness (QED) is 0.571. The third kappa shape index (κ3) is 4.68. The van der Waals surface area contributed by atoms with Gasteiger partial charge in [-0.25, -0.2) is 0 Å². The number of carboxylic acids is 1. The van der Waals surface area contributed by atoms with Crippen LogP contribution in [0.15, 0.2) is 30.3 Å². The van der Waals surface area contributed by atoms with Crippen LogP contribution in [0, 0.1) is 0 Å². The molecule has 0 fully saturated rings. The Morgan fingerprint density at radius 1 is 1.27 bits per heavy atom. The van der Waals surface area contributed by atoms with Crippen molar-refractivity contribution in [2.24, 2.45) is 0 Å². The minimum absolute atomic E-state index is 0. The Morgan fingerprint density at radius 2 is 1.80 bits per heavy atom. The summed E-state index contributed by atoms with van der Waals surface area (Å²) in [6, 6.07) is 8.10. The zero-order chi connectivity index (χ0) is 10.6. The number of carbonyl (C=O) groups is 1. The van der Waals surface area contributed by atoms with Crippen LogP contribution in [0.5, 0.6) is 0 Å². The minimum atomic E-state index is -3.48. The first-order chi connectivity index (χ1) is 6.52. The molecule has 4 nitrogen and oxygen atoms in total. The summed E-state index contributed by atoms with van der Waals surface area (Å²) in [6.07, 6.45) is -0.505. The molecule has 1 rings (SSSR count). The van der Waals surface area contributed by atoms with E-state index >= 15 is 0 Å². The van der Waals surface area contributed by atoms with E-state index in [0.717, 1.165) is 0 Å². The molecular formula is C9H12LiO4P. The first kappa shape index (κ1) is 14.5. The summed E-state index contributed by atoms with van der Waals surface area (Å²) in [7, 11) is -3.48. The molecule has 1 unspecified atom stereocenters. The molecule has 1 aromatic rings. The Bertz CT molecular complexity index is 366. The van der Waals surface area contributed by atoms with E-state index in [1.54, 1.807) is 18.2 Å². The molecule has 0 amide bonds. The first-order valence-corrected chi connectivity index (χ1v) is 5.96. The average Bonchev–Trinajstić information content (AvgIpc) is 2.16. The second-order valence-electron chi connectivity index (χ2n) is 2.90. The zero-order valence-electron chi connectivity index (χ0n) is 7.46.